The summed E-state index contributed by atoms with van der Waals surface area (Å²) in [6.45, 7) is 14.3. The highest BCUT2D eigenvalue weighted by Gasteiger charge is 2.15. The summed E-state index contributed by atoms with van der Waals surface area (Å²) in [6, 6.07) is 6.16. The van der Waals surface area contributed by atoms with Crippen LogP contribution in [0.25, 0.3) is 10.9 Å². The van der Waals surface area contributed by atoms with Gasteiger partial charge in [-0.2, -0.15) is 0 Å². The molecule has 0 aliphatic rings. The molecule has 0 radical (unpaired) electrons. The van der Waals surface area contributed by atoms with Gasteiger partial charge in [0.25, 0.3) is 0 Å². The Morgan fingerprint density at radius 2 is 1.48 bits per heavy atom. The molecule has 1 N–H and O–H groups in total. The zero-order valence-corrected chi connectivity index (χ0v) is 14.8. The fraction of sp³-hybridized carbons (Fsp3) is 0.526. The van der Waals surface area contributed by atoms with Gasteiger partial charge in [0.1, 0.15) is 11.3 Å². The van der Waals surface area contributed by atoms with Gasteiger partial charge in [-0.1, -0.05) is 33.8 Å². The number of pyridine rings is 1. The minimum absolute atomic E-state index is 0.329. The Kier molecular flexibility index (Phi) is 6.37. The summed E-state index contributed by atoms with van der Waals surface area (Å²) in [6.07, 6.45) is 1.75. The molecular weight excluding hydrogens is 286 g/mol. The number of rotatable bonds is 8. The minimum atomic E-state index is 0.329. The van der Waals surface area contributed by atoms with Crippen LogP contribution in [0.4, 0.5) is 0 Å². The second kappa shape index (κ2) is 8.27. The molecule has 1 aromatic carbocycles. The third kappa shape index (κ3) is 4.01. The highest BCUT2D eigenvalue weighted by Crippen LogP contribution is 2.31. The van der Waals surface area contributed by atoms with E-state index < -0.39 is 0 Å². The summed E-state index contributed by atoms with van der Waals surface area (Å²) < 4.78 is 0. The van der Waals surface area contributed by atoms with E-state index in [4.69, 9.17) is 0 Å². The Bertz CT molecular complexity index is 634. The van der Waals surface area contributed by atoms with Crippen molar-refractivity contribution >= 4 is 10.9 Å². The maximum absolute atomic E-state index is 10.7. The molecule has 0 spiro atoms. The summed E-state index contributed by atoms with van der Waals surface area (Å²) in [5.74, 6) is 0.329. The van der Waals surface area contributed by atoms with Crippen LogP contribution in [0.2, 0.25) is 0 Å². The molecule has 0 fully saturated rings. The van der Waals surface area contributed by atoms with Crippen LogP contribution in [0.5, 0.6) is 5.75 Å². The molecule has 2 aromatic rings. The van der Waals surface area contributed by atoms with Gasteiger partial charge in [0.2, 0.25) is 0 Å². The van der Waals surface area contributed by atoms with Gasteiger partial charge >= 0.3 is 0 Å². The van der Waals surface area contributed by atoms with E-state index in [1.165, 1.54) is 5.56 Å². The highest BCUT2D eigenvalue weighted by molar-refractivity contribution is 5.88. The number of hydrogen-bond acceptors (Lipinski definition) is 4. The zero-order chi connectivity index (χ0) is 16.8. The smallest absolute Gasteiger partial charge is 0.146 e. The number of nitrogens with zero attached hydrogens (tertiary/aromatic N) is 3. The van der Waals surface area contributed by atoms with Crippen molar-refractivity contribution in [3.63, 3.8) is 0 Å². The second-order valence-electron chi connectivity index (χ2n) is 5.87. The van der Waals surface area contributed by atoms with Crippen molar-refractivity contribution in [3.8, 4) is 5.75 Å². The number of phenols is 1. The first-order valence-electron chi connectivity index (χ1n) is 8.67. The molecule has 0 atom stereocenters. The van der Waals surface area contributed by atoms with Crippen molar-refractivity contribution in [2.75, 3.05) is 26.2 Å². The summed E-state index contributed by atoms with van der Waals surface area (Å²) in [5.41, 5.74) is 2.94. The summed E-state index contributed by atoms with van der Waals surface area (Å²) >= 11 is 0. The normalized spacial score (nSPS) is 11.7. The Morgan fingerprint density at radius 1 is 0.913 bits per heavy atom. The van der Waals surface area contributed by atoms with E-state index in [9.17, 15) is 5.11 Å². The molecule has 0 aliphatic heterocycles. The quantitative estimate of drug-likeness (QED) is 0.807. The van der Waals surface area contributed by atoms with Crippen LogP contribution in [-0.2, 0) is 13.1 Å². The average Bonchev–Trinajstić information content (AvgIpc) is 2.60. The van der Waals surface area contributed by atoms with Crippen LogP contribution in [0.1, 0.15) is 38.8 Å². The van der Waals surface area contributed by atoms with Crippen molar-refractivity contribution in [1.82, 2.24) is 14.8 Å². The Labute approximate surface area is 139 Å². The van der Waals surface area contributed by atoms with Gasteiger partial charge < -0.3 is 5.11 Å². The van der Waals surface area contributed by atoms with Crippen molar-refractivity contribution < 1.29 is 5.11 Å². The number of fused-ring (bicyclic) bond motifs is 1. The van der Waals surface area contributed by atoms with Crippen LogP contribution in [-0.4, -0.2) is 46.1 Å². The van der Waals surface area contributed by atoms with Crippen LogP contribution in [0, 0.1) is 0 Å². The monoisotopic (exact) mass is 315 g/mol. The van der Waals surface area contributed by atoms with Gasteiger partial charge in [-0.3, -0.25) is 14.8 Å². The van der Waals surface area contributed by atoms with Gasteiger partial charge in [0, 0.05) is 30.2 Å². The fourth-order valence-electron chi connectivity index (χ4n) is 2.99. The third-order valence-electron chi connectivity index (χ3n) is 4.61. The summed E-state index contributed by atoms with van der Waals surface area (Å²) in [4.78, 5) is 9.13. The number of hydrogen-bond donors (Lipinski definition) is 1. The lowest BCUT2D eigenvalue weighted by Crippen LogP contribution is -2.24. The van der Waals surface area contributed by atoms with E-state index in [1.54, 1.807) is 6.20 Å². The van der Waals surface area contributed by atoms with E-state index in [-0.39, 0.29) is 0 Å². The topological polar surface area (TPSA) is 39.6 Å². The van der Waals surface area contributed by atoms with E-state index in [0.717, 1.165) is 55.7 Å². The molecule has 4 nitrogen and oxygen atoms in total. The number of aromatic nitrogens is 1. The molecule has 2 rings (SSSR count). The predicted octanol–water partition coefficient (Wildman–Crippen LogP) is 3.62. The van der Waals surface area contributed by atoms with Crippen molar-refractivity contribution in [1.29, 1.82) is 0 Å². The molecule has 0 bridgehead atoms. The Hall–Kier alpha value is -1.65. The molecule has 0 saturated carbocycles. The van der Waals surface area contributed by atoms with E-state index in [2.05, 4.69) is 54.6 Å². The summed E-state index contributed by atoms with van der Waals surface area (Å²) in [7, 11) is 0. The van der Waals surface area contributed by atoms with Gasteiger partial charge in [-0.25, -0.2) is 0 Å². The van der Waals surface area contributed by atoms with Crippen LogP contribution < -0.4 is 0 Å². The largest absolute Gasteiger partial charge is 0.505 e. The predicted molar refractivity (Wildman–Crippen MR) is 96.7 cm³/mol. The van der Waals surface area contributed by atoms with E-state index >= 15 is 0 Å². The molecule has 0 unspecified atom stereocenters. The SMILES string of the molecule is CCN(CC)Cc1cc(CN(CC)CC)c2cccnc2c1O. The van der Waals surface area contributed by atoms with E-state index in [1.807, 2.05) is 6.07 Å². The van der Waals surface area contributed by atoms with Crippen molar-refractivity contribution in [2.45, 2.75) is 40.8 Å². The molecule has 1 heterocycles. The van der Waals surface area contributed by atoms with Gasteiger partial charge in [0.05, 0.1) is 0 Å². The molecule has 1 aromatic heterocycles. The fourth-order valence-corrected chi connectivity index (χ4v) is 2.99. The lowest BCUT2D eigenvalue weighted by Gasteiger charge is -2.23. The summed E-state index contributed by atoms with van der Waals surface area (Å²) in [5, 5.41) is 11.7. The number of aromatic hydroxyl groups is 1. The van der Waals surface area contributed by atoms with Crippen molar-refractivity contribution in [2.24, 2.45) is 0 Å². The first-order valence-corrected chi connectivity index (χ1v) is 8.67. The van der Waals surface area contributed by atoms with Crippen LogP contribution in [0.15, 0.2) is 24.4 Å². The number of benzene rings is 1. The zero-order valence-electron chi connectivity index (χ0n) is 14.8. The van der Waals surface area contributed by atoms with Crippen LogP contribution >= 0.6 is 0 Å². The number of phenolic OH excluding ortho intramolecular Hbond substituents is 1. The molecule has 0 saturated heterocycles. The third-order valence-corrected chi connectivity index (χ3v) is 4.61. The lowest BCUT2D eigenvalue weighted by molar-refractivity contribution is 0.288. The Balaban J connectivity index is 2.49. The average molecular weight is 315 g/mol. The van der Waals surface area contributed by atoms with Crippen LogP contribution in [0.3, 0.4) is 0 Å². The molecule has 0 amide bonds. The first-order chi connectivity index (χ1) is 11.1. The maximum Gasteiger partial charge on any atom is 0.146 e. The first kappa shape index (κ1) is 17.7. The van der Waals surface area contributed by atoms with E-state index in [0.29, 0.717) is 5.75 Å². The second-order valence-corrected chi connectivity index (χ2v) is 5.87. The van der Waals surface area contributed by atoms with Gasteiger partial charge in [-0.15, -0.1) is 0 Å². The standard InChI is InChI=1S/C19H29N3O/c1-5-21(6-2)13-15-12-16(14-22(7-3)8-4)19(23)18-17(15)10-9-11-20-18/h9-12,23H,5-8,13-14H2,1-4H3. The van der Waals surface area contributed by atoms with Gasteiger partial charge in [0.15, 0.2) is 0 Å². The molecular formula is C19H29N3O. The van der Waals surface area contributed by atoms with Crippen molar-refractivity contribution in [3.05, 3.63) is 35.5 Å². The molecule has 4 heteroatoms. The lowest BCUT2D eigenvalue weighted by atomic mass is 10.0. The van der Waals surface area contributed by atoms with Gasteiger partial charge in [-0.05, 0) is 43.9 Å². The maximum atomic E-state index is 10.7. The molecule has 126 valence electrons. The minimum Gasteiger partial charge on any atom is -0.505 e. The highest BCUT2D eigenvalue weighted by atomic mass is 16.3. The molecule has 0 aliphatic carbocycles. The molecule has 23 heavy (non-hydrogen) atoms. The Morgan fingerprint density at radius 3 is 2.04 bits per heavy atom.